The summed E-state index contributed by atoms with van der Waals surface area (Å²) in [7, 11) is 1.59. The van der Waals surface area contributed by atoms with Crippen LogP contribution in [-0.2, 0) is 48.0 Å². The molecular weight excluding hydrogens is 572 g/mol. The fourth-order valence-electron chi connectivity index (χ4n) is 5.50. The Bertz CT molecular complexity index is 1580. The maximum atomic E-state index is 13.2. The Kier molecular flexibility index (Phi) is 6.89. The minimum absolute atomic E-state index is 0.125. The minimum atomic E-state index is -0.927. The Morgan fingerprint density at radius 1 is 1.20 bits per heavy atom. The zero-order valence-electron chi connectivity index (χ0n) is 22.7. The number of hydrogen-bond donors (Lipinski definition) is 0. The molecule has 6 rings (SSSR count). The number of imide groups is 1. The number of benzene rings is 1. The summed E-state index contributed by atoms with van der Waals surface area (Å²) in [5.74, 6) is -1.13. The number of aromatic nitrogens is 1. The van der Waals surface area contributed by atoms with Gasteiger partial charge in [-0.05, 0) is 42.5 Å². The first-order valence-corrected chi connectivity index (χ1v) is 14.4. The fraction of sp³-hybridized carbons (Fsp3) is 0.414. The number of esters is 2. The average molecular weight is 599 g/mol. The third-order valence-corrected chi connectivity index (χ3v) is 9.37. The number of rotatable bonds is 6. The number of methoxy groups -OCH3 is 1. The summed E-state index contributed by atoms with van der Waals surface area (Å²) in [6, 6.07) is 7.46. The number of ether oxygens (including phenoxy) is 4. The van der Waals surface area contributed by atoms with Crippen LogP contribution in [0.25, 0.3) is 21.3 Å². The minimum Gasteiger partial charge on any atom is -0.497 e. The van der Waals surface area contributed by atoms with Gasteiger partial charge in [-0.25, -0.2) is 19.5 Å². The highest BCUT2D eigenvalue weighted by molar-refractivity contribution is 7.19. The highest BCUT2D eigenvalue weighted by Crippen LogP contribution is 2.46. The lowest BCUT2D eigenvalue weighted by Gasteiger charge is -2.26. The van der Waals surface area contributed by atoms with E-state index in [2.05, 4.69) is 0 Å². The van der Waals surface area contributed by atoms with Gasteiger partial charge in [-0.3, -0.25) is 9.59 Å². The summed E-state index contributed by atoms with van der Waals surface area (Å²) >= 11 is 8.44. The van der Waals surface area contributed by atoms with Gasteiger partial charge in [0, 0.05) is 21.2 Å². The molecule has 0 radical (unpaired) electrons. The molecule has 12 heteroatoms. The van der Waals surface area contributed by atoms with Crippen molar-refractivity contribution in [2.24, 2.45) is 11.3 Å². The van der Waals surface area contributed by atoms with E-state index >= 15 is 0 Å². The van der Waals surface area contributed by atoms with Crippen LogP contribution in [-0.4, -0.2) is 60.3 Å². The van der Waals surface area contributed by atoms with Crippen LogP contribution in [0.1, 0.15) is 36.4 Å². The van der Waals surface area contributed by atoms with Gasteiger partial charge in [-0.2, -0.15) is 0 Å². The van der Waals surface area contributed by atoms with Crippen molar-refractivity contribution >= 4 is 57.1 Å². The monoisotopic (exact) mass is 598 g/mol. The lowest BCUT2D eigenvalue weighted by Crippen LogP contribution is -2.37. The smallest absolute Gasteiger partial charge is 0.417 e. The SMILES string of the molecule is COc1ccc(-c2c(Cl)c(CN3C(=O)COC3=O)nc3sc4c(c23)CC[C@H](C(=O)O[C@H]2C(=O)OCC2(C)C)C4)cc1. The van der Waals surface area contributed by atoms with Gasteiger partial charge in [0.15, 0.2) is 6.61 Å². The van der Waals surface area contributed by atoms with Crippen LogP contribution in [0.15, 0.2) is 24.3 Å². The highest BCUT2D eigenvalue weighted by atomic mass is 35.5. The summed E-state index contributed by atoms with van der Waals surface area (Å²) in [6.07, 6.45) is -0.104. The van der Waals surface area contributed by atoms with E-state index in [0.29, 0.717) is 40.6 Å². The van der Waals surface area contributed by atoms with Crippen molar-refractivity contribution in [3.63, 3.8) is 0 Å². The van der Waals surface area contributed by atoms with E-state index < -0.39 is 41.4 Å². The number of thiophene rings is 1. The molecule has 2 aromatic heterocycles. The Morgan fingerprint density at radius 3 is 2.59 bits per heavy atom. The molecule has 2 saturated heterocycles. The van der Waals surface area contributed by atoms with Crippen molar-refractivity contribution in [3.05, 3.63) is 45.4 Å². The molecule has 3 aliphatic rings. The number of amides is 2. The van der Waals surface area contributed by atoms with Crippen LogP contribution in [0.2, 0.25) is 5.02 Å². The number of pyridine rings is 1. The molecule has 4 heterocycles. The van der Waals surface area contributed by atoms with Crippen molar-refractivity contribution in [2.45, 2.75) is 45.8 Å². The Hall–Kier alpha value is -3.70. The molecule has 214 valence electrons. The lowest BCUT2D eigenvalue weighted by atomic mass is 9.85. The number of nitrogens with zero attached hydrogens (tertiary/aromatic N) is 2. The largest absolute Gasteiger partial charge is 0.497 e. The van der Waals surface area contributed by atoms with Gasteiger partial charge >= 0.3 is 18.0 Å². The van der Waals surface area contributed by atoms with Gasteiger partial charge in [0.2, 0.25) is 6.10 Å². The van der Waals surface area contributed by atoms with Crippen molar-refractivity contribution in [1.82, 2.24) is 9.88 Å². The first-order chi connectivity index (χ1) is 19.6. The summed E-state index contributed by atoms with van der Waals surface area (Å²) < 4.78 is 21.0. The van der Waals surface area contributed by atoms with Gasteiger partial charge in [-0.1, -0.05) is 37.6 Å². The predicted octanol–water partition coefficient (Wildman–Crippen LogP) is 4.70. The Balaban J connectivity index is 1.38. The molecule has 2 atom stereocenters. The predicted molar refractivity (Wildman–Crippen MR) is 149 cm³/mol. The summed E-state index contributed by atoms with van der Waals surface area (Å²) in [4.78, 5) is 57.2. The van der Waals surface area contributed by atoms with E-state index in [0.717, 1.165) is 31.9 Å². The number of carbonyl (C=O) groups excluding carboxylic acids is 4. The molecule has 0 bridgehead atoms. The summed E-state index contributed by atoms with van der Waals surface area (Å²) in [6.45, 7) is 3.44. The van der Waals surface area contributed by atoms with Gasteiger partial charge in [0.05, 0.1) is 30.3 Å². The molecule has 1 aromatic carbocycles. The zero-order valence-corrected chi connectivity index (χ0v) is 24.2. The standard InChI is InChI=1S/C29H27ClN2O8S/c1-29(2)13-39-27(35)24(29)40-26(34)15-6-9-17-19(10-15)41-25-22(17)21(14-4-7-16(37-3)8-5-14)23(30)18(31-25)11-32-20(33)12-38-28(32)36/h4-5,7-8,15,24H,6,9-13H2,1-3H3/t15-,24-/m0/s1. The Morgan fingerprint density at radius 2 is 1.95 bits per heavy atom. The number of carbonyl (C=O) groups is 4. The number of fused-ring (bicyclic) bond motifs is 3. The number of cyclic esters (lactones) is 2. The van der Waals surface area contributed by atoms with Gasteiger partial charge in [-0.15, -0.1) is 11.3 Å². The molecular formula is C29H27ClN2O8S. The fourth-order valence-corrected chi connectivity index (χ4v) is 7.13. The second-order valence-corrected chi connectivity index (χ2v) is 12.5. The lowest BCUT2D eigenvalue weighted by molar-refractivity contribution is -0.166. The van der Waals surface area contributed by atoms with E-state index in [9.17, 15) is 19.2 Å². The van der Waals surface area contributed by atoms with Crippen molar-refractivity contribution in [2.75, 3.05) is 20.3 Å². The summed E-state index contributed by atoms with van der Waals surface area (Å²) in [5, 5.41) is 1.21. The van der Waals surface area contributed by atoms with E-state index in [1.54, 1.807) is 7.11 Å². The molecule has 1 aliphatic carbocycles. The van der Waals surface area contributed by atoms with E-state index in [1.807, 2.05) is 38.1 Å². The molecule has 2 amide bonds. The second-order valence-electron chi connectivity index (χ2n) is 11.0. The van der Waals surface area contributed by atoms with Gasteiger partial charge in [0.1, 0.15) is 17.2 Å². The van der Waals surface area contributed by atoms with Crippen LogP contribution in [0.3, 0.4) is 0 Å². The van der Waals surface area contributed by atoms with E-state index in [4.69, 9.17) is 35.5 Å². The maximum absolute atomic E-state index is 13.2. The molecule has 0 spiro atoms. The number of aryl methyl sites for hydroxylation is 1. The van der Waals surface area contributed by atoms with Gasteiger partial charge < -0.3 is 18.9 Å². The number of halogens is 1. The molecule has 2 aliphatic heterocycles. The quantitative estimate of drug-likeness (QED) is 0.293. The third-order valence-electron chi connectivity index (χ3n) is 7.81. The normalized spacial score (nSPS) is 21.6. The first-order valence-electron chi connectivity index (χ1n) is 13.2. The topological polar surface area (TPSA) is 121 Å². The zero-order chi connectivity index (χ0) is 29.1. The molecule has 2 fully saturated rings. The molecule has 0 saturated carbocycles. The third kappa shape index (κ3) is 4.80. The van der Waals surface area contributed by atoms with E-state index in [1.165, 1.54) is 11.3 Å². The second kappa shape index (κ2) is 10.3. The van der Waals surface area contributed by atoms with Crippen molar-refractivity contribution in [1.29, 1.82) is 0 Å². The summed E-state index contributed by atoms with van der Waals surface area (Å²) in [5.41, 5.74) is 2.40. The molecule has 10 nitrogen and oxygen atoms in total. The number of hydrogen-bond acceptors (Lipinski definition) is 10. The molecule has 0 unspecified atom stereocenters. The molecule has 41 heavy (non-hydrogen) atoms. The van der Waals surface area contributed by atoms with Crippen LogP contribution in [0.4, 0.5) is 4.79 Å². The molecule has 0 N–H and O–H groups in total. The van der Waals surface area contributed by atoms with Crippen LogP contribution >= 0.6 is 22.9 Å². The van der Waals surface area contributed by atoms with Crippen LogP contribution < -0.4 is 4.74 Å². The van der Waals surface area contributed by atoms with Crippen LogP contribution in [0.5, 0.6) is 5.75 Å². The maximum Gasteiger partial charge on any atom is 0.417 e. The first kappa shape index (κ1) is 27.5. The Labute approximate surface area is 244 Å². The highest BCUT2D eigenvalue weighted by Gasteiger charge is 2.47. The van der Waals surface area contributed by atoms with Crippen LogP contribution in [0, 0.1) is 11.3 Å². The average Bonchev–Trinajstić information content (AvgIpc) is 3.57. The van der Waals surface area contributed by atoms with Crippen molar-refractivity contribution < 1.29 is 38.1 Å². The molecule has 3 aromatic rings. The van der Waals surface area contributed by atoms with Gasteiger partial charge in [0.25, 0.3) is 5.91 Å². The van der Waals surface area contributed by atoms with Crippen molar-refractivity contribution in [3.8, 4) is 16.9 Å². The van der Waals surface area contributed by atoms with E-state index in [-0.39, 0.29) is 19.8 Å².